The molecule has 0 radical (unpaired) electrons. The first-order valence-corrected chi connectivity index (χ1v) is 5.71. The molecule has 0 spiro atoms. The van der Waals surface area contributed by atoms with Gasteiger partial charge in [0.05, 0.1) is 10.0 Å². The van der Waals surface area contributed by atoms with Gasteiger partial charge in [-0.05, 0) is 34.8 Å². The van der Waals surface area contributed by atoms with E-state index in [1.54, 1.807) is 0 Å². The number of rotatable bonds is 5. The van der Waals surface area contributed by atoms with E-state index in [4.69, 9.17) is 5.11 Å². The highest BCUT2D eigenvalue weighted by atomic mass is 79.9. The van der Waals surface area contributed by atoms with E-state index in [0.29, 0.717) is 6.42 Å². The van der Waals surface area contributed by atoms with Crippen LogP contribution in [0.1, 0.15) is 24.8 Å². The van der Waals surface area contributed by atoms with Crippen molar-refractivity contribution in [3.63, 3.8) is 0 Å². The normalized spacial score (nSPS) is 11.8. The summed E-state index contributed by atoms with van der Waals surface area (Å²) < 4.78 is 40.6. The van der Waals surface area contributed by atoms with Gasteiger partial charge in [0.2, 0.25) is 0 Å². The summed E-state index contributed by atoms with van der Waals surface area (Å²) in [5.41, 5.74) is -0.597. The molecule has 16 heavy (non-hydrogen) atoms. The summed E-state index contributed by atoms with van der Waals surface area (Å²) in [6, 6.07) is 3.84. The molecule has 1 N–H and O–H groups in total. The van der Waals surface area contributed by atoms with Crippen molar-refractivity contribution in [3.8, 4) is 0 Å². The molecule has 0 saturated carbocycles. The molecule has 1 nitrogen and oxygen atoms in total. The van der Waals surface area contributed by atoms with Gasteiger partial charge in [-0.1, -0.05) is 12.1 Å². The lowest BCUT2D eigenvalue weighted by Crippen LogP contribution is -2.15. The fourth-order valence-corrected chi connectivity index (χ4v) is 1.75. The molecule has 1 aromatic carbocycles. The number of alkyl halides is 2. The molecule has 1 aromatic rings. The Morgan fingerprint density at radius 1 is 1.25 bits per heavy atom. The highest BCUT2D eigenvalue weighted by Crippen LogP contribution is 2.36. The number of unbranched alkanes of at least 4 members (excludes halogenated alkanes) is 1. The van der Waals surface area contributed by atoms with Gasteiger partial charge < -0.3 is 5.11 Å². The van der Waals surface area contributed by atoms with E-state index in [1.165, 1.54) is 12.1 Å². The van der Waals surface area contributed by atoms with Crippen LogP contribution < -0.4 is 0 Å². The molecule has 1 rings (SSSR count). The molecule has 0 bridgehead atoms. The minimum absolute atomic E-state index is 0.0341. The van der Waals surface area contributed by atoms with Gasteiger partial charge in [0.25, 0.3) is 5.92 Å². The SMILES string of the molecule is OCCCCC(F)(F)c1cccc(Br)c1F. The molecule has 0 amide bonds. The Labute approximate surface area is 100 Å². The van der Waals surface area contributed by atoms with Gasteiger partial charge >= 0.3 is 0 Å². The van der Waals surface area contributed by atoms with Gasteiger partial charge in [-0.25, -0.2) is 13.2 Å². The summed E-state index contributed by atoms with van der Waals surface area (Å²) in [6.45, 7) is -0.128. The van der Waals surface area contributed by atoms with Crippen LogP contribution in [0.15, 0.2) is 22.7 Å². The largest absolute Gasteiger partial charge is 0.396 e. The van der Waals surface area contributed by atoms with Gasteiger partial charge in [0, 0.05) is 13.0 Å². The second kappa shape index (κ2) is 5.68. The van der Waals surface area contributed by atoms with E-state index in [0.717, 1.165) is 6.07 Å². The van der Waals surface area contributed by atoms with Crippen molar-refractivity contribution < 1.29 is 18.3 Å². The van der Waals surface area contributed by atoms with Crippen LogP contribution >= 0.6 is 15.9 Å². The van der Waals surface area contributed by atoms with Crippen LogP contribution in [0.25, 0.3) is 0 Å². The van der Waals surface area contributed by atoms with Crippen molar-refractivity contribution in [3.05, 3.63) is 34.1 Å². The Hall–Kier alpha value is -0.550. The van der Waals surface area contributed by atoms with Crippen LogP contribution in [0, 0.1) is 5.82 Å². The van der Waals surface area contributed by atoms with Crippen LogP contribution in [0.2, 0.25) is 0 Å². The summed E-state index contributed by atoms with van der Waals surface area (Å²) in [5.74, 6) is -4.11. The number of aliphatic hydroxyl groups is 1. The molecule has 0 atom stereocenters. The Bertz CT molecular complexity index is 355. The maximum Gasteiger partial charge on any atom is 0.276 e. The highest BCUT2D eigenvalue weighted by Gasteiger charge is 2.34. The lowest BCUT2D eigenvalue weighted by Gasteiger charge is -2.17. The topological polar surface area (TPSA) is 20.2 Å². The fourth-order valence-electron chi connectivity index (χ4n) is 1.38. The zero-order valence-corrected chi connectivity index (χ0v) is 10.1. The third kappa shape index (κ3) is 3.22. The Balaban J connectivity index is 2.84. The molecule has 0 aliphatic carbocycles. The van der Waals surface area contributed by atoms with Crippen LogP contribution in [0.5, 0.6) is 0 Å². The first-order valence-electron chi connectivity index (χ1n) is 4.92. The zero-order chi connectivity index (χ0) is 12.2. The quantitative estimate of drug-likeness (QED) is 0.819. The molecule has 0 aliphatic rings. The molecular weight excluding hydrogens is 285 g/mol. The van der Waals surface area contributed by atoms with E-state index in [9.17, 15) is 13.2 Å². The third-order valence-electron chi connectivity index (χ3n) is 2.24. The number of benzene rings is 1. The first-order chi connectivity index (χ1) is 7.49. The number of hydrogen-bond donors (Lipinski definition) is 1. The van der Waals surface area contributed by atoms with Crippen molar-refractivity contribution in [1.82, 2.24) is 0 Å². The summed E-state index contributed by atoms with van der Waals surface area (Å²) >= 11 is 2.87. The van der Waals surface area contributed by atoms with Crippen molar-refractivity contribution in [1.29, 1.82) is 0 Å². The number of aliphatic hydroxyl groups excluding tert-OH is 1. The predicted octanol–water partition coefficient (Wildman–Crippen LogP) is 3.84. The molecule has 0 saturated heterocycles. The number of hydrogen-bond acceptors (Lipinski definition) is 1. The lowest BCUT2D eigenvalue weighted by atomic mass is 10.0. The maximum absolute atomic E-state index is 13.6. The second-order valence-electron chi connectivity index (χ2n) is 3.49. The second-order valence-corrected chi connectivity index (χ2v) is 4.34. The predicted molar refractivity (Wildman–Crippen MR) is 58.9 cm³/mol. The maximum atomic E-state index is 13.6. The summed E-state index contributed by atoms with van der Waals surface area (Å²) in [5, 5.41) is 8.51. The molecule has 0 fully saturated rings. The zero-order valence-electron chi connectivity index (χ0n) is 8.52. The molecule has 0 aromatic heterocycles. The van der Waals surface area contributed by atoms with Crippen molar-refractivity contribution in [2.45, 2.75) is 25.2 Å². The Kier molecular flexibility index (Phi) is 4.80. The Morgan fingerprint density at radius 2 is 1.94 bits per heavy atom. The molecule has 0 unspecified atom stereocenters. The fraction of sp³-hybridized carbons (Fsp3) is 0.455. The minimum Gasteiger partial charge on any atom is -0.396 e. The lowest BCUT2D eigenvalue weighted by molar-refractivity contribution is -0.0199. The molecule has 0 aliphatic heterocycles. The smallest absolute Gasteiger partial charge is 0.276 e. The third-order valence-corrected chi connectivity index (χ3v) is 2.86. The van der Waals surface area contributed by atoms with Crippen LogP contribution in [-0.4, -0.2) is 11.7 Å². The molecule has 90 valence electrons. The van der Waals surface area contributed by atoms with E-state index in [1.807, 2.05) is 0 Å². The molecule has 5 heteroatoms. The summed E-state index contributed by atoms with van der Waals surface area (Å²) in [7, 11) is 0. The summed E-state index contributed by atoms with van der Waals surface area (Å²) in [6.07, 6.45) is 0.00159. The standard InChI is InChI=1S/C11H12BrF3O/c12-9-5-3-4-8(10(9)13)11(14,15)6-1-2-7-16/h3-5,16H,1-2,6-7H2. The molecular formula is C11H12BrF3O. The van der Waals surface area contributed by atoms with Crippen molar-refractivity contribution in [2.75, 3.05) is 6.61 Å². The molecule has 0 heterocycles. The van der Waals surface area contributed by atoms with Crippen molar-refractivity contribution in [2.24, 2.45) is 0 Å². The highest BCUT2D eigenvalue weighted by molar-refractivity contribution is 9.10. The van der Waals surface area contributed by atoms with Gasteiger partial charge in [0.1, 0.15) is 5.82 Å². The van der Waals surface area contributed by atoms with E-state index < -0.39 is 23.7 Å². The monoisotopic (exact) mass is 296 g/mol. The van der Waals surface area contributed by atoms with Crippen LogP contribution in [0.3, 0.4) is 0 Å². The minimum atomic E-state index is -3.19. The average molecular weight is 297 g/mol. The van der Waals surface area contributed by atoms with E-state index in [2.05, 4.69) is 15.9 Å². The van der Waals surface area contributed by atoms with E-state index in [-0.39, 0.29) is 17.5 Å². The van der Waals surface area contributed by atoms with Gasteiger partial charge in [0.15, 0.2) is 0 Å². The van der Waals surface area contributed by atoms with Gasteiger partial charge in [-0.15, -0.1) is 0 Å². The van der Waals surface area contributed by atoms with Gasteiger partial charge in [-0.2, -0.15) is 0 Å². The van der Waals surface area contributed by atoms with E-state index >= 15 is 0 Å². The van der Waals surface area contributed by atoms with Crippen molar-refractivity contribution >= 4 is 15.9 Å². The average Bonchev–Trinajstić information content (AvgIpc) is 2.22. The van der Waals surface area contributed by atoms with Crippen LogP contribution in [0.4, 0.5) is 13.2 Å². The van der Waals surface area contributed by atoms with Crippen LogP contribution in [-0.2, 0) is 5.92 Å². The Morgan fingerprint density at radius 3 is 2.56 bits per heavy atom. The first kappa shape index (κ1) is 13.5. The number of halogens is 4. The summed E-state index contributed by atoms with van der Waals surface area (Å²) in [4.78, 5) is 0. The van der Waals surface area contributed by atoms with Gasteiger partial charge in [-0.3, -0.25) is 0 Å².